The first kappa shape index (κ1) is 33.1. The zero-order chi connectivity index (χ0) is 25.0. The number of ether oxygens (including phenoxy) is 2. The first-order valence-corrected chi connectivity index (χ1v) is 14.8. The number of hydrogen-bond donors (Lipinski definition) is 1. The van der Waals surface area contributed by atoms with Crippen LogP contribution in [0, 0.1) is 0 Å². The van der Waals surface area contributed by atoms with Crippen molar-refractivity contribution in [2.75, 3.05) is 19.8 Å². The van der Waals surface area contributed by atoms with Crippen LogP contribution < -0.4 is 0 Å². The first-order chi connectivity index (χ1) is 16.7. The van der Waals surface area contributed by atoms with Crippen LogP contribution in [0.5, 0.6) is 0 Å². The van der Waals surface area contributed by atoms with Gasteiger partial charge in [-0.3, -0.25) is 4.79 Å². The van der Waals surface area contributed by atoms with E-state index < -0.39 is 6.10 Å². The molecule has 0 saturated heterocycles. The van der Waals surface area contributed by atoms with Gasteiger partial charge in [-0.05, 0) is 38.5 Å². The minimum Gasteiger partial charge on any atom is -0.457 e. The fourth-order valence-electron chi connectivity index (χ4n) is 4.08. The lowest BCUT2D eigenvalue weighted by Gasteiger charge is -2.15. The highest BCUT2D eigenvalue weighted by molar-refractivity contribution is 5.69. The summed E-state index contributed by atoms with van der Waals surface area (Å²) < 4.78 is 11.0. The summed E-state index contributed by atoms with van der Waals surface area (Å²) in [6.07, 6.45) is 29.5. The Hall–Kier alpha value is -0.870. The maximum absolute atomic E-state index is 12.0. The van der Waals surface area contributed by atoms with E-state index >= 15 is 0 Å². The molecule has 0 heterocycles. The van der Waals surface area contributed by atoms with Crippen LogP contribution in [0.1, 0.15) is 149 Å². The third-order valence-corrected chi connectivity index (χ3v) is 6.34. The zero-order valence-corrected chi connectivity index (χ0v) is 22.9. The predicted octanol–water partition coefficient (Wildman–Crippen LogP) is 8.70. The maximum atomic E-state index is 12.0. The summed E-state index contributed by atoms with van der Waals surface area (Å²) in [6.45, 7) is 5.29. The second-order valence-corrected chi connectivity index (χ2v) is 9.82. The van der Waals surface area contributed by atoms with Gasteiger partial charge in [0, 0.05) is 13.0 Å². The molecule has 1 N–H and O–H groups in total. The van der Waals surface area contributed by atoms with Gasteiger partial charge in [0.2, 0.25) is 0 Å². The fraction of sp³-hybridized carbons (Fsp3) is 0.900. The van der Waals surface area contributed by atoms with E-state index in [9.17, 15) is 9.90 Å². The number of esters is 1. The topological polar surface area (TPSA) is 55.8 Å². The van der Waals surface area contributed by atoms with Gasteiger partial charge in [-0.2, -0.15) is 0 Å². The highest BCUT2D eigenvalue weighted by Crippen LogP contribution is 2.11. The quantitative estimate of drug-likeness (QED) is 0.0722. The third kappa shape index (κ3) is 25.7. The molecular weight excluding hydrogens is 424 g/mol. The molecule has 0 spiro atoms. The molecule has 0 aliphatic carbocycles. The average Bonchev–Trinajstić information content (AvgIpc) is 2.84. The number of rotatable bonds is 27. The molecule has 4 heteroatoms. The SMILES string of the molecule is CCCCCC/C=C\CCCCCCCCOCC(CO)OC(=O)CCCCCCCCCC. The Morgan fingerprint density at radius 2 is 1.15 bits per heavy atom. The van der Waals surface area contributed by atoms with Crippen LogP contribution in [0.25, 0.3) is 0 Å². The molecule has 0 aliphatic rings. The minimum atomic E-state index is -0.527. The molecule has 0 aliphatic heterocycles. The Morgan fingerprint density at radius 1 is 0.676 bits per heavy atom. The minimum absolute atomic E-state index is 0.170. The van der Waals surface area contributed by atoms with Crippen molar-refractivity contribution in [1.82, 2.24) is 0 Å². The highest BCUT2D eigenvalue weighted by Gasteiger charge is 2.13. The summed E-state index contributed by atoms with van der Waals surface area (Å²) >= 11 is 0. The van der Waals surface area contributed by atoms with Crippen LogP contribution in [0.2, 0.25) is 0 Å². The van der Waals surface area contributed by atoms with Gasteiger partial charge in [0.05, 0.1) is 13.2 Å². The second-order valence-electron chi connectivity index (χ2n) is 9.82. The van der Waals surface area contributed by atoms with E-state index in [0.29, 0.717) is 19.6 Å². The van der Waals surface area contributed by atoms with Gasteiger partial charge in [-0.15, -0.1) is 0 Å². The molecule has 34 heavy (non-hydrogen) atoms. The molecule has 0 aromatic rings. The van der Waals surface area contributed by atoms with Crippen molar-refractivity contribution in [2.45, 2.75) is 155 Å². The zero-order valence-electron chi connectivity index (χ0n) is 22.9. The Labute approximate surface area is 212 Å². The molecule has 1 atom stereocenters. The van der Waals surface area contributed by atoms with E-state index in [4.69, 9.17) is 9.47 Å². The lowest BCUT2D eigenvalue weighted by Crippen LogP contribution is -2.27. The third-order valence-electron chi connectivity index (χ3n) is 6.34. The van der Waals surface area contributed by atoms with Crippen LogP contribution in [0.4, 0.5) is 0 Å². The van der Waals surface area contributed by atoms with Gasteiger partial charge in [0.25, 0.3) is 0 Å². The molecule has 202 valence electrons. The smallest absolute Gasteiger partial charge is 0.306 e. The van der Waals surface area contributed by atoms with Crippen LogP contribution in [-0.2, 0) is 14.3 Å². The van der Waals surface area contributed by atoms with E-state index in [2.05, 4.69) is 26.0 Å². The van der Waals surface area contributed by atoms with Crippen LogP contribution in [0.15, 0.2) is 12.2 Å². The molecular formula is C30H58O4. The lowest BCUT2D eigenvalue weighted by atomic mass is 10.1. The number of carbonyl (C=O) groups excluding carboxylic acids is 1. The first-order valence-electron chi connectivity index (χ1n) is 14.8. The summed E-state index contributed by atoms with van der Waals surface area (Å²) in [5, 5.41) is 9.45. The van der Waals surface area contributed by atoms with E-state index in [1.807, 2.05) is 0 Å². The molecule has 0 aromatic carbocycles. The summed E-state index contributed by atoms with van der Waals surface area (Å²) in [5.74, 6) is -0.208. The normalized spacial score (nSPS) is 12.4. The number of carbonyl (C=O) groups is 1. The monoisotopic (exact) mass is 482 g/mol. The molecule has 1 unspecified atom stereocenters. The average molecular weight is 483 g/mol. The molecule has 0 fully saturated rings. The van der Waals surface area contributed by atoms with Crippen molar-refractivity contribution >= 4 is 5.97 Å². The van der Waals surface area contributed by atoms with Gasteiger partial charge in [0.1, 0.15) is 6.10 Å². The van der Waals surface area contributed by atoms with Crippen molar-refractivity contribution in [2.24, 2.45) is 0 Å². The van der Waals surface area contributed by atoms with Crippen molar-refractivity contribution in [1.29, 1.82) is 0 Å². The Balaban J connectivity index is 3.44. The number of allylic oxidation sites excluding steroid dienone is 2. The largest absolute Gasteiger partial charge is 0.457 e. The van der Waals surface area contributed by atoms with Crippen LogP contribution in [0.3, 0.4) is 0 Å². The molecule has 0 radical (unpaired) electrons. The lowest BCUT2D eigenvalue weighted by molar-refractivity contribution is -0.154. The van der Waals surface area contributed by atoms with Gasteiger partial charge in [-0.1, -0.05) is 116 Å². The van der Waals surface area contributed by atoms with Crippen LogP contribution in [-0.4, -0.2) is 37.0 Å². The summed E-state index contributed by atoms with van der Waals surface area (Å²) in [7, 11) is 0. The van der Waals surface area contributed by atoms with Crippen LogP contribution >= 0.6 is 0 Å². The van der Waals surface area contributed by atoms with Crippen molar-refractivity contribution in [3.8, 4) is 0 Å². The van der Waals surface area contributed by atoms with E-state index in [-0.39, 0.29) is 12.6 Å². The number of aliphatic hydroxyl groups excluding tert-OH is 1. The van der Waals surface area contributed by atoms with Crippen molar-refractivity contribution in [3.63, 3.8) is 0 Å². The van der Waals surface area contributed by atoms with E-state index in [1.165, 1.54) is 109 Å². The Morgan fingerprint density at radius 3 is 1.71 bits per heavy atom. The number of unbranched alkanes of at least 4 members (excludes halogenated alkanes) is 17. The van der Waals surface area contributed by atoms with Gasteiger partial charge in [-0.25, -0.2) is 0 Å². The van der Waals surface area contributed by atoms with Crippen molar-refractivity contribution < 1.29 is 19.4 Å². The summed E-state index contributed by atoms with van der Waals surface area (Å²) in [5.41, 5.74) is 0. The molecule has 0 bridgehead atoms. The Bertz CT molecular complexity index is 436. The van der Waals surface area contributed by atoms with Gasteiger partial charge in [0.15, 0.2) is 0 Å². The maximum Gasteiger partial charge on any atom is 0.306 e. The van der Waals surface area contributed by atoms with Gasteiger partial charge < -0.3 is 14.6 Å². The van der Waals surface area contributed by atoms with Crippen molar-refractivity contribution in [3.05, 3.63) is 12.2 Å². The number of hydrogen-bond acceptors (Lipinski definition) is 4. The molecule has 0 rings (SSSR count). The number of aliphatic hydroxyl groups is 1. The van der Waals surface area contributed by atoms with E-state index in [1.54, 1.807) is 0 Å². The molecule has 0 aromatic heterocycles. The Kier molecular flexibility index (Phi) is 27.6. The fourth-order valence-corrected chi connectivity index (χ4v) is 4.08. The molecule has 0 amide bonds. The summed E-state index contributed by atoms with van der Waals surface area (Å²) in [6, 6.07) is 0. The predicted molar refractivity (Wildman–Crippen MR) is 145 cm³/mol. The summed E-state index contributed by atoms with van der Waals surface area (Å²) in [4.78, 5) is 12.0. The van der Waals surface area contributed by atoms with Gasteiger partial charge >= 0.3 is 5.97 Å². The second kappa shape index (κ2) is 28.4. The highest BCUT2D eigenvalue weighted by atomic mass is 16.6. The van der Waals surface area contributed by atoms with E-state index in [0.717, 1.165) is 19.3 Å². The standard InChI is InChI=1S/C30H58O4/c1-3-5-7-9-11-13-14-15-16-17-18-20-22-24-26-33-28-29(27-31)34-30(32)25-23-21-19-12-10-8-6-4-2/h13-14,29,31H,3-12,15-28H2,1-2H3/b14-13-. The molecule has 0 saturated carbocycles. The molecule has 4 nitrogen and oxygen atoms in total.